The number of halogens is 1. The number of ether oxygens (including phenoxy) is 1. The lowest BCUT2D eigenvalue weighted by atomic mass is 9.85. The molecule has 0 aliphatic heterocycles. The first kappa shape index (κ1) is 18.3. The molecule has 2 heteroatoms. The van der Waals surface area contributed by atoms with Crippen molar-refractivity contribution in [3.63, 3.8) is 0 Å². The Morgan fingerprint density at radius 2 is 1.68 bits per heavy atom. The number of rotatable bonds is 7. The molecule has 0 saturated heterocycles. The highest BCUT2D eigenvalue weighted by Crippen LogP contribution is 2.31. The van der Waals surface area contributed by atoms with E-state index in [4.69, 9.17) is 16.3 Å². The highest BCUT2D eigenvalue weighted by Gasteiger charge is 2.13. The maximum atomic E-state index is 6.36. The van der Waals surface area contributed by atoms with Crippen molar-refractivity contribution in [3.05, 3.63) is 53.1 Å². The lowest BCUT2D eigenvalue weighted by Crippen LogP contribution is -2.07. The Morgan fingerprint density at radius 3 is 2.36 bits per heavy atom. The van der Waals surface area contributed by atoms with Crippen LogP contribution < -0.4 is 4.74 Å². The highest BCUT2D eigenvalue weighted by atomic mass is 35.5. The lowest BCUT2D eigenvalue weighted by molar-refractivity contribution is 0.317. The van der Waals surface area contributed by atoms with E-state index in [9.17, 15) is 0 Å². The summed E-state index contributed by atoms with van der Waals surface area (Å²) in [6.45, 7) is 2.80. The van der Waals surface area contributed by atoms with Gasteiger partial charge in [-0.2, -0.15) is 0 Å². The van der Waals surface area contributed by atoms with Crippen LogP contribution in [0.2, 0.25) is 5.02 Å². The first-order valence-corrected chi connectivity index (χ1v) is 10.2. The van der Waals surface area contributed by atoms with Crippen LogP contribution in [0.5, 0.6) is 5.75 Å². The third-order valence-electron chi connectivity index (χ3n) is 5.25. The minimum atomic E-state index is 0.687. The number of hydrogen-bond acceptors (Lipinski definition) is 1. The quantitative estimate of drug-likeness (QED) is 0.505. The predicted octanol–water partition coefficient (Wildman–Crippen LogP) is 7.31. The molecule has 0 bridgehead atoms. The SMILES string of the molecule is CCCOc1ccc(-c2ccc(CCC3CCCCC3)cc2)cc1Cl. The van der Waals surface area contributed by atoms with Crippen molar-refractivity contribution >= 4 is 11.6 Å². The molecular weight excluding hydrogens is 328 g/mol. The van der Waals surface area contributed by atoms with Gasteiger partial charge in [-0.05, 0) is 54.0 Å². The molecule has 1 aliphatic carbocycles. The molecule has 2 aromatic carbocycles. The zero-order chi connectivity index (χ0) is 17.5. The summed E-state index contributed by atoms with van der Waals surface area (Å²) in [6, 6.07) is 15.0. The second kappa shape index (κ2) is 9.29. The fraction of sp³-hybridized carbons (Fsp3) is 0.478. The van der Waals surface area contributed by atoms with Gasteiger partial charge in [-0.3, -0.25) is 0 Å². The molecule has 2 aromatic rings. The van der Waals surface area contributed by atoms with E-state index in [0.29, 0.717) is 11.6 Å². The van der Waals surface area contributed by atoms with Crippen molar-refractivity contribution in [3.8, 4) is 16.9 Å². The van der Waals surface area contributed by atoms with Gasteiger partial charge in [-0.25, -0.2) is 0 Å². The van der Waals surface area contributed by atoms with Gasteiger partial charge in [0.05, 0.1) is 11.6 Å². The molecule has 25 heavy (non-hydrogen) atoms. The first-order chi connectivity index (χ1) is 12.3. The Kier molecular flexibility index (Phi) is 6.81. The van der Waals surface area contributed by atoms with E-state index < -0.39 is 0 Å². The molecule has 0 amide bonds. The van der Waals surface area contributed by atoms with Crippen molar-refractivity contribution in [2.45, 2.75) is 58.3 Å². The molecule has 1 aliphatic rings. The second-order valence-electron chi connectivity index (χ2n) is 7.23. The van der Waals surface area contributed by atoms with E-state index in [1.165, 1.54) is 56.1 Å². The fourth-order valence-electron chi connectivity index (χ4n) is 3.72. The summed E-state index contributed by atoms with van der Waals surface area (Å²) in [6.07, 6.45) is 10.7. The molecule has 0 unspecified atom stereocenters. The molecule has 0 aromatic heterocycles. The molecular formula is C23H29ClO. The monoisotopic (exact) mass is 356 g/mol. The van der Waals surface area contributed by atoms with Gasteiger partial charge in [-0.15, -0.1) is 0 Å². The third-order valence-corrected chi connectivity index (χ3v) is 5.54. The Morgan fingerprint density at radius 1 is 0.960 bits per heavy atom. The van der Waals surface area contributed by atoms with Crippen LogP contribution in [-0.2, 0) is 6.42 Å². The van der Waals surface area contributed by atoms with Crippen LogP contribution in [0.3, 0.4) is 0 Å². The van der Waals surface area contributed by atoms with Crippen molar-refractivity contribution < 1.29 is 4.74 Å². The molecule has 1 fully saturated rings. The molecule has 0 N–H and O–H groups in total. The van der Waals surface area contributed by atoms with Crippen LogP contribution in [0.15, 0.2) is 42.5 Å². The minimum Gasteiger partial charge on any atom is -0.492 e. The van der Waals surface area contributed by atoms with Crippen LogP contribution in [0.4, 0.5) is 0 Å². The normalized spacial score (nSPS) is 15.3. The Balaban J connectivity index is 1.60. The van der Waals surface area contributed by atoms with Crippen molar-refractivity contribution in [1.82, 2.24) is 0 Å². The molecule has 1 nitrogen and oxygen atoms in total. The first-order valence-electron chi connectivity index (χ1n) is 9.78. The summed E-state index contributed by atoms with van der Waals surface area (Å²) >= 11 is 6.36. The van der Waals surface area contributed by atoms with Gasteiger partial charge in [0.15, 0.2) is 0 Å². The van der Waals surface area contributed by atoms with Gasteiger partial charge in [0.1, 0.15) is 5.75 Å². The molecule has 3 rings (SSSR count). The van der Waals surface area contributed by atoms with Crippen LogP contribution in [0, 0.1) is 5.92 Å². The smallest absolute Gasteiger partial charge is 0.137 e. The standard InChI is InChI=1S/C23H29ClO/c1-2-16-25-23-15-14-21(17-22(23)24)20-12-10-19(11-13-20)9-8-18-6-4-3-5-7-18/h10-15,17-18H,2-9,16H2,1H3. The second-order valence-corrected chi connectivity index (χ2v) is 7.64. The molecule has 0 heterocycles. The van der Waals surface area contributed by atoms with Gasteiger partial charge in [0, 0.05) is 0 Å². The largest absolute Gasteiger partial charge is 0.492 e. The van der Waals surface area contributed by atoms with Crippen molar-refractivity contribution in [2.24, 2.45) is 5.92 Å². The number of aryl methyl sites for hydroxylation is 1. The molecule has 134 valence electrons. The fourth-order valence-corrected chi connectivity index (χ4v) is 3.96. The average molecular weight is 357 g/mol. The van der Waals surface area contributed by atoms with Crippen molar-refractivity contribution in [1.29, 1.82) is 0 Å². The van der Waals surface area contributed by atoms with E-state index in [2.05, 4.69) is 37.3 Å². The minimum absolute atomic E-state index is 0.687. The van der Waals surface area contributed by atoms with E-state index in [1.54, 1.807) is 0 Å². The zero-order valence-electron chi connectivity index (χ0n) is 15.3. The topological polar surface area (TPSA) is 9.23 Å². The van der Waals surface area contributed by atoms with Crippen LogP contribution in [-0.4, -0.2) is 6.61 Å². The third kappa shape index (κ3) is 5.25. The molecule has 1 saturated carbocycles. The zero-order valence-corrected chi connectivity index (χ0v) is 16.0. The number of benzene rings is 2. The maximum absolute atomic E-state index is 6.36. The van der Waals surface area contributed by atoms with Gasteiger partial charge >= 0.3 is 0 Å². The summed E-state index contributed by atoms with van der Waals surface area (Å²) in [5.74, 6) is 1.72. The van der Waals surface area contributed by atoms with Gasteiger partial charge in [0.2, 0.25) is 0 Å². The van der Waals surface area contributed by atoms with E-state index >= 15 is 0 Å². The van der Waals surface area contributed by atoms with Gasteiger partial charge in [0.25, 0.3) is 0 Å². The highest BCUT2D eigenvalue weighted by molar-refractivity contribution is 6.32. The summed E-state index contributed by atoms with van der Waals surface area (Å²) in [4.78, 5) is 0. The Hall–Kier alpha value is -1.47. The lowest BCUT2D eigenvalue weighted by Gasteiger charge is -2.21. The van der Waals surface area contributed by atoms with Gasteiger partial charge < -0.3 is 4.74 Å². The molecule has 0 atom stereocenters. The molecule has 0 spiro atoms. The van der Waals surface area contributed by atoms with Crippen LogP contribution >= 0.6 is 11.6 Å². The Labute approximate surface area is 157 Å². The van der Waals surface area contributed by atoms with Gasteiger partial charge in [-0.1, -0.05) is 81.0 Å². The number of hydrogen-bond donors (Lipinski definition) is 0. The van der Waals surface area contributed by atoms with Crippen LogP contribution in [0.25, 0.3) is 11.1 Å². The van der Waals surface area contributed by atoms with Crippen LogP contribution in [0.1, 0.15) is 57.4 Å². The Bertz CT molecular complexity index is 656. The maximum Gasteiger partial charge on any atom is 0.137 e. The van der Waals surface area contributed by atoms with E-state index in [1.807, 2.05) is 12.1 Å². The summed E-state index contributed by atoms with van der Waals surface area (Å²) in [7, 11) is 0. The molecule has 0 radical (unpaired) electrons. The summed E-state index contributed by atoms with van der Waals surface area (Å²) in [5.41, 5.74) is 3.81. The summed E-state index contributed by atoms with van der Waals surface area (Å²) < 4.78 is 5.65. The van der Waals surface area contributed by atoms with E-state index in [0.717, 1.165) is 23.7 Å². The summed E-state index contributed by atoms with van der Waals surface area (Å²) in [5, 5.41) is 0.687. The predicted molar refractivity (Wildman–Crippen MR) is 108 cm³/mol. The van der Waals surface area contributed by atoms with Crippen molar-refractivity contribution in [2.75, 3.05) is 6.61 Å². The average Bonchev–Trinajstić information content (AvgIpc) is 2.67. The van der Waals surface area contributed by atoms with E-state index in [-0.39, 0.29) is 0 Å².